The lowest BCUT2D eigenvalue weighted by Crippen LogP contribution is -2.33. The summed E-state index contributed by atoms with van der Waals surface area (Å²) in [7, 11) is 4.12. The van der Waals surface area contributed by atoms with Gasteiger partial charge in [0, 0.05) is 25.1 Å². The fourth-order valence-corrected chi connectivity index (χ4v) is 5.42. The van der Waals surface area contributed by atoms with Gasteiger partial charge in [0.15, 0.2) is 5.58 Å². The lowest BCUT2D eigenvalue weighted by molar-refractivity contribution is 0.172. The van der Waals surface area contributed by atoms with Gasteiger partial charge in [0.25, 0.3) is 0 Å². The number of aliphatic hydroxyl groups is 1. The van der Waals surface area contributed by atoms with E-state index in [-0.39, 0.29) is 31.4 Å². The van der Waals surface area contributed by atoms with Crippen LogP contribution in [0.3, 0.4) is 0 Å². The highest BCUT2D eigenvalue weighted by Crippen LogP contribution is 2.39. The van der Waals surface area contributed by atoms with Crippen LogP contribution in [-0.4, -0.2) is 60.5 Å². The molecular formula is C29H41Cl2N3O3. The predicted molar refractivity (Wildman–Crippen MR) is 153 cm³/mol. The van der Waals surface area contributed by atoms with E-state index in [4.69, 9.17) is 9.26 Å². The van der Waals surface area contributed by atoms with Crippen LogP contribution in [0.1, 0.15) is 42.5 Å². The molecule has 2 aliphatic rings. The second-order valence-electron chi connectivity index (χ2n) is 10.8. The number of hydrogen-bond donors (Lipinski definition) is 1. The van der Waals surface area contributed by atoms with E-state index in [0.717, 1.165) is 66.2 Å². The zero-order valence-electron chi connectivity index (χ0n) is 22.0. The van der Waals surface area contributed by atoms with Crippen molar-refractivity contribution in [1.82, 2.24) is 15.0 Å². The lowest BCUT2D eigenvalue weighted by Gasteiger charge is -2.31. The van der Waals surface area contributed by atoms with Gasteiger partial charge in [-0.1, -0.05) is 35.5 Å². The molecule has 2 aromatic carbocycles. The summed E-state index contributed by atoms with van der Waals surface area (Å²) < 4.78 is 12.1. The number of aliphatic hydroxyl groups excluding tert-OH is 1. The molecule has 1 aliphatic carbocycles. The molecule has 2 fully saturated rings. The Bertz CT molecular complexity index is 1100. The number of hydrogen-bond acceptors (Lipinski definition) is 6. The van der Waals surface area contributed by atoms with E-state index >= 15 is 0 Å². The maximum absolute atomic E-state index is 9.32. The van der Waals surface area contributed by atoms with Crippen LogP contribution in [-0.2, 0) is 19.5 Å². The molecule has 5 rings (SSSR count). The van der Waals surface area contributed by atoms with Gasteiger partial charge in [0.05, 0.1) is 17.9 Å². The zero-order valence-corrected chi connectivity index (χ0v) is 23.6. The summed E-state index contributed by atoms with van der Waals surface area (Å²) in [5.41, 5.74) is 4.41. The number of aryl methyl sites for hydroxylation is 1. The van der Waals surface area contributed by atoms with Crippen LogP contribution >= 0.6 is 24.8 Å². The van der Waals surface area contributed by atoms with E-state index in [0.29, 0.717) is 18.4 Å². The minimum absolute atomic E-state index is 0. The Balaban J connectivity index is 0.00000190. The quantitative estimate of drug-likeness (QED) is 0.336. The summed E-state index contributed by atoms with van der Waals surface area (Å²) in [6.07, 6.45) is 5.68. The predicted octanol–water partition coefficient (Wildman–Crippen LogP) is 5.59. The summed E-state index contributed by atoms with van der Waals surface area (Å²) in [4.78, 5) is 4.72. The molecule has 37 heavy (non-hydrogen) atoms. The standard InChI is InChI=1S/C29H39N3O3.2ClH/c1-31(2)18-26-28(34-20-24-16-23(24)19-33)11-9-25-27(30-35-29(25)26)10-8-21-12-14-32(15-13-21)17-22-6-4-3-5-7-22;;/h3-7,9,11,21,23-24,33H,8,10,12-20H2,1-2H3;2*1H. The topological polar surface area (TPSA) is 62.0 Å². The summed E-state index contributed by atoms with van der Waals surface area (Å²) in [5.74, 6) is 2.49. The highest BCUT2D eigenvalue weighted by Gasteiger charge is 2.37. The lowest BCUT2D eigenvalue weighted by atomic mass is 9.91. The second kappa shape index (κ2) is 13.8. The molecule has 0 bridgehead atoms. The molecule has 1 aromatic heterocycles. The summed E-state index contributed by atoms with van der Waals surface area (Å²) in [6, 6.07) is 15.0. The minimum atomic E-state index is 0. The first-order valence-electron chi connectivity index (χ1n) is 13.2. The Hall–Kier alpha value is -1.83. The number of aromatic nitrogens is 1. The number of halogens is 2. The number of ether oxygens (including phenoxy) is 1. The molecule has 2 unspecified atom stereocenters. The molecule has 0 amide bonds. The van der Waals surface area contributed by atoms with Crippen molar-refractivity contribution >= 4 is 35.8 Å². The largest absolute Gasteiger partial charge is 0.493 e. The highest BCUT2D eigenvalue weighted by molar-refractivity contribution is 5.86. The van der Waals surface area contributed by atoms with Crippen LogP contribution in [0, 0.1) is 17.8 Å². The van der Waals surface area contributed by atoms with Gasteiger partial charge in [0.2, 0.25) is 0 Å². The SMILES string of the molecule is CN(C)Cc1c(OCC2CC2CO)ccc2c(CCC3CCN(Cc4ccccc4)CC3)noc12.Cl.Cl. The number of benzene rings is 2. The number of likely N-dealkylation sites (tertiary alicyclic amines) is 1. The van der Waals surface area contributed by atoms with E-state index in [1.807, 2.05) is 0 Å². The van der Waals surface area contributed by atoms with Crippen molar-refractivity contribution in [1.29, 1.82) is 0 Å². The zero-order chi connectivity index (χ0) is 24.2. The van der Waals surface area contributed by atoms with Crippen molar-refractivity contribution in [2.45, 2.75) is 45.2 Å². The highest BCUT2D eigenvalue weighted by atomic mass is 35.5. The van der Waals surface area contributed by atoms with Gasteiger partial charge in [-0.2, -0.15) is 0 Å². The smallest absolute Gasteiger partial charge is 0.175 e. The van der Waals surface area contributed by atoms with Crippen LogP contribution in [0.15, 0.2) is 47.0 Å². The summed E-state index contributed by atoms with van der Waals surface area (Å²) >= 11 is 0. The maximum Gasteiger partial charge on any atom is 0.175 e. The van der Waals surface area contributed by atoms with E-state index in [1.54, 1.807) is 0 Å². The summed E-state index contributed by atoms with van der Waals surface area (Å²) in [6.45, 7) is 5.06. The monoisotopic (exact) mass is 549 g/mol. The molecule has 0 spiro atoms. The van der Waals surface area contributed by atoms with Gasteiger partial charge < -0.3 is 19.3 Å². The van der Waals surface area contributed by atoms with Crippen LogP contribution < -0.4 is 4.74 Å². The number of nitrogens with zero attached hydrogens (tertiary/aromatic N) is 3. The Morgan fingerprint density at radius 1 is 1.05 bits per heavy atom. The molecular weight excluding hydrogens is 509 g/mol. The number of fused-ring (bicyclic) bond motifs is 1. The van der Waals surface area contributed by atoms with Crippen molar-refractivity contribution in [2.75, 3.05) is 40.4 Å². The van der Waals surface area contributed by atoms with Gasteiger partial charge in [-0.3, -0.25) is 4.90 Å². The first-order chi connectivity index (χ1) is 17.1. The summed E-state index contributed by atoms with van der Waals surface area (Å²) in [5, 5.41) is 14.9. The van der Waals surface area contributed by atoms with Gasteiger partial charge in [0.1, 0.15) is 5.75 Å². The van der Waals surface area contributed by atoms with E-state index in [1.165, 1.54) is 31.5 Å². The van der Waals surface area contributed by atoms with Gasteiger partial charge in [-0.15, -0.1) is 24.8 Å². The van der Waals surface area contributed by atoms with Crippen LogP contribution in [0.2, 0.25) is 0 Å². The van der Waals surface area contributed by atoms with Crippen LogP contribution in [0.25, 0.3) is 11.0 Å². The Kier molecular flexibility index (Phi) is 11.1. The van der Waals surface area contributed by atoms with Crippen molar-refractivity contribution < 1.29 is 14.4 Å². The molecule has 1 N–H and O–H groups in total. The molecule has 8 heteroatoms. The van der Waals surface area contributed by atoms with Crippen molar-refractivity contribution in [3.05, 3.63) is 59.3 Å². The van der Waals surface area contributed by atoms with Crippen molar-refractivity contribution in [3.63, 3.8) is 0 Å². The molecule has 3 aromatic rings. The van der Waals surface area contributed by atoms with E-state index in [2.05, 4.69) is 71.5 Å². The van der Waals surface area contributed by atoms with Gasteiger partial charge in [-0.05, 0) is 94.7 Å². The second-order valence-corrected chi connectivity index (χ2v) is 10.8. The average Bonchev–Trinajstić information content (AvgIpc) is 3.52. The maximum atomic E-state index is 9.32. The Morgan fingerprint density at radius 2 is 1.81 bits per heavy atom. The first-order valence-corrected chi connectivity index (χ1v) is 13.2. The fraction of sp³-hybridized carbons (Fsp3) is 0.552. The van der Waals surface area contributed by atoms with Crippen molar-refractivity contribution in [3.8, 4) is 5.75 Å². The fourth-order valence-electron chi connectivity index (χ4n) is 5.42. The van der Waals surface area contributed by atoms with E-state index < -0.39 is 0 Å². The number of piperidine rings is 1. The molecule has 6 nitrogen and oxygen atoms in total. The molecule has 204 valence electrons. The van der Waals surface area contributed by atoms with E-state index in [9.17, 15) is 5.11 Å². The molecule has 1 saturated carbocycles. The molecule has 1 saturated heterocycles. The third kappa shape index (κ3) is 7.61. The minimum Gasteiger partial charge on any atom is -0.493 e. The Labute approximate surface area is 233 Å². The van der Waals surface area contributed by atoms with Crippen LogP contribution in [0.5, 0.6) is 5.75 Å². The average molecular weight is 551 g/mol. The normalized spacial score (nSPS) is 20.0. The van der Waals surface area contributed by atoms with Gasteiger partial charge >= 0.3 is 0 Å². The molecule has 2 atom stereocenters. The Morgan fingerprint density at radius 3 is 2.49 bits per heavy atom. The molecule has 0 radical (unpaired) electrons. The third-order valence-corrected chi connectivity index (χ3v) is 7.75. The van der Waals surface area contributed by atoms with Crippen molar-refractivity contribution in [2.24, 2.45) is 17.8 Å². The van der Waals surface area contributed by atoms with Crippen LogP contribution in [0.4, 0.5) is 0 Å². The molecule has 1 aliphatic heterocycles. The molecule has 2 heterocycles. The number of rotatable bonds is 11. The third-order valence-electron chi connectivity index (χ3n) is 7.75. The van der Waals surface area contributed by atoms with Gasteiger partial charge in [-0.25, -0.2) is 0 Å². The first kappa shape index (κ1) is 29.7.